The van der Waals surface area contributed by atoms with Gasteiger partial charge in [-0.05, 0) is 61.8 Å². The summed E-state index contributed by atoms with van der Waals surface area (Å²) in [6, 6.07) is 0. The van der Waals surface area contributed by atoms with E-state index in [1.165, 1.54) is 0 Å². The molecule has 0 aliphatic carbocycles. The third-order valence-electron chi connectivity index (χ3n) is 6.46. The van der Waals surface area contributed by atoms with E-state index in [1.54, 1.807) is 34.6 Å². The van der Waals surface area contributed by atoms with Crippen molar-refractivity contribution in [3.05, 3.63) is 0 Å². The zero-order valence-electron chi connectivity index (χ0n) is 21.0. The molecule has 22 heavy (non-hydrogen) atoms. The van der Waals surface area contributed by atoms with Crippen LogP contribution >= 0.6 is 8.15 Å². The summed E-state index contributed by atoms with van der Waals surface area (Å²) in [6.07, 6.45) is 0. The molecule has 1 fully saturated rings. The maximum atomic E-state index is 16.4. The Labute approximate surface area is 144 Å². The van der Waals surface area contributed by atoms with Crippen molar-refractivity contribution in [1.82, 2.24) is 0 Å². The molecule has 0 amide bonds. The molecular formula is C17H38FO3P. The van der Waals surface area contributed by atoms with Gasteiger partial charge in [0.2, 0.25) is 1.43 Å². The lowest BCUT2D eigenvalue weighted by Crippen LogP contribution is -2.82. The Morgan fingerprint density at radius 1 is 1.18 bits per heavy atom. The first-order valence-corrected chi connectivity index (χ1v) is 9.99. The molecule has 0 radical (unpaired) electrons. The number of halogens is 1. The highest BCUT2D eigenvalue weighted by atomic mass is 31.1. The summed E-state index contributed by atoms with van der Waals surface area (Å²) in [5.41, 5.74) is -6.78. The Bertz CT molecular complexity index is 477. The first-order chi connectivity index (χ1) is 11.9. The van der Waals surface area contributed by atoms with Gasteiger partial charge in [0.15, 0.2) is 0 Å². The topological polar surface area (TPSA) is 38.7 Å². The van der Waals surface area contributed by atoms with E-state index in [2.05, 4.69) is 0 Å². The summed E-state index contributed by atoms with van der Waals surface area (Å²) in [4.78, 5) is 0. The zero-order chi connectivity index (χ0) is 22.7. The van der Waals surface area contributed by atoms with E-state index in [0.29, 0.717) is 0 Å². The fraction of sp³-hybridized carbons (Fsp3) is 1.00. The van der Waals surface area contributed by atoms with Crippen molar-refractivity contribution in [2.45, 2.75) is 90.4 Å². The largest absolute Gasteiger partial charge is 0.387 e. The second-order valence-corrected chi connectivity index (χ2v) is 10.5. The van der Waals surface area contributed by atoms with Crippen molar-refractivity contribution in [2.75, 3.05) is 13.3 Å². The highest BCUT2D eigenvalue weighted by molar-refractivity contribution is 7.50. The highest BCUT2D eigenvalue weighted by Gasteiger charge is 2.76. The van der Waals surface area contributed by atoms with Crippen molar-refractivity contribution in [2.24, 2.45) is 5.41 Å². The molecule has 3 atom stereocenters. The first-order valence-electron chi connectivity index (χ1n) is 10.2. The Morgan fingerprint density at radius 2 is 1.64 bits per heavy atom. The van der Waals surface area contributed by atoms with Crippen molar-refractivity contribution < 1.29 is 24.7 Å². The van der Waals surface area contributed by atoms with Gasteiger partial charge in [0.1, 0.15) is 16.9 Å². The standard InChI is InChI=1S/C17H34FO3P.2H2/c1-12(2)14(5,6)20-16(8,13(3,4)19)17(9,15(12,7)18)21-22(10)11;;/h19H,1-11H3;2*1H/t15?,16-,17+;;/m1../s1/i19T;2*1+2T. The van der Waals surface area contributed by atoms with Crippen molar-refractivity contribution >= 4 is 8.15 Å². The summed E-state index contributed by atoms with van der Waals surface area (Å²) >= 11 is 0. The van der Waals surface area contributed by atoms with Gasteiger partial charge in [0.25, 0.3) is 0 Å². The van der Waals surface area contributed by atoms with E-state index < -0.39 is 41.6 Å². The highest BCUT2D eigenvalue weighted by Crippen LogP contribution is 2.65. The van der Waals surface area contributed by atoms with Crippen LogP contribution in [0.4, 0.5) is 4.39 Å². The quantitative estimate of drug-likeness (QED) is 0.725. The third-order valence-corrected chi connectivity index (χ3v) is 7.19. The number of hydrogen-bond donors (Lipinski definition) is 1. The number of rotatable bonds is 4. The molecule has 1 unspecified atom stereocenters. The van der Waals surface area contributed by atoms with Gasteiger partial charge in [-0.1, -0.05) is 13.8 Å². The Morgan fingerprint density at radius 3 is 2.00 bits per heavy atom. The van der Waals surface area contributed by atoms with Crippen molar-refractivity contribution in [3.63, 3.8) is 0 Å². The van der Waals surface area contributed by atoms with Crippen LogP contribution in [0, 0.1) is 5.41 Å². The van der Waals surface area contributed by atoms with Crippen molar-refractivity contribution in [3.8, 4) is 0 Å². The first kappa shape index (κ1) is 15.7. The van der Waals surface area contributed by atoms with Crippen LogP contribution < -0.4 is 0 Å². The van der Waals surface area contributed by atoms with E-state index >= 15 is 4.39 Å². The fourth-order valence-electron chi connectivity index (χ4n) is 3.58. The molecule has 1 rings (SSSR count). The van der Waals surface area contributed by atoms with E-state index in [-0.39, 0.29) is 0 Å². The maximum Gasteiger partial charge on any atom is 0.211 e. The van der Waals surface area contributed by atoms with Gasteiger partial charge in [-0.3, -0.25) is 0 Å². The van der Waals surface area contributed by atoms with Crippen LogP contribution in [0.25, 0.3) is 0 Å². The van der Waals surface area contributed by atoms with Gasteiger partial charge in [-0.25, -0.2) is 4.39 Å². The Hall–Kier alpha value is 0.240. The summed E-state index contributed by atoms with van der Waals surface area (Å²) in [5, 5.41) is 5.00. The molecule has 1 N–H and O–H groups in total. The van der Waals surface area contributed by atoms with Crippen LogP contribution in [-0.2, 0) is 9.26 Å². The lowest BCUT2D eigenvalue weighted by atomic mass is 9.52. The normalized spacial score (nSPS) is 43.0. The molecule has 5 heteroatoms. The maximum absolute atomic E-state index is 16.4. The van der Waals surface area contributed by atoms with Gasteiger partial charge >= 0.3 is 0 Å². The molecule has 1 aliphatic rings. The third kappa shape index (κ3) is 2.37. The summed E-state index contributed by atoms with van der Waals surface area (Å²) in [6.45, 7) is 20.1. The van der Waals surface area contributed by atoms with Crippen LogP contribution in [0.1, 0.15) is 68.3 Å². The van der Waals surface area contributed by atoms with Crippen LogP contribution in [0.2, 0.25) is 0 Å². The molecule has 0 aromatic carbocycles. The van der Waals surface area contributed by atoms with Crippen molar-refractivity contribution in [1.29, 1.82) is 1.43 Å². The summed E-state index contributed by atoms with van der Waals surface area (Å²) in [5.74, 6) is 0. The van der Waals surface area contributed by atoms with Gasteiger partial charge in [0, 0.05) is 19.5 Å². The number of alkyl halides is 1. The van der Waals surface area contributed by atoms with Crippen LogP contribution in [0.3, 0.4) is 0 Å². The van der Waals surface area contributed by atoms with E-state index in [4.69, 9.17) is 21.7 Å². The number of hydrogen-bond acceptors (Lipinski definition) is 3. The fourth-order valence-corrected chi connectivity index (χ4v) is 4.66. The molecule has 0 aromatic heterocycles. The van der Waals surface area contributed by atoms with Gasteiger partial charge in [0.05, 0.1) is 11.2 Å². The van der Waals surface area contributed by atoms with Crippen LogP contribution in [0.15, 0.2) is 0 Å². The predicted molar refractivity (Wildman–Crippen MR) is 95.6 cm³/mol. The Balaban J connectivity index is 0. The van der Waals surface area contributed by atoms with Crippen LogP contribution in [0.5, 0.6) is 0 Å². The molecule has 0 bridgehead atoms. The van der Waals surface area contributed by atoms with Gasteiger partial charge < -0.3 is 14.4 Å². The lowest BCUT2D eigenvalue weighted by molar-refractivity contribution is -0.381. The minimum absolute atomic E-state index is 0.770. The molecule has 1 saturated heterocycles. The SMILES string of the molecule is [3H]OC(C)(C)[C@@]1(C)OC(C)(C)C(C)(C)C(C)(F)[C@]1(C)OP(C)C.[3H][3H].[3H][3H]. The molecular weight excluding hydrogens is 302 g/mol. The second-order valence-electron chi connectivity index (χ2n) is 8.72. The monoisotopic (exact) mass is 350 g/mol. The molecule has 3 nitrogen and oxygen atoms in total. The molecule has 0 spiro atoms. The average molecular weight is 351 g/mol. The lowest BCUT2D eigenvalue weighted by Gasteiger charge is -2.69. The minimum atomic E-state index is -1.71. The molecule has 1 heterocycles. The predicted octanol–water partition coefficient (Wildman–Crippen LogP) is 5.00. The van der Waals surface area contributed by atoms with E-state index in [0.717, 1.165) is 0 Å². The average Bonchev–Trinajstić information content (AvgIpc) is 2.55. The van der Waals surface area contributed by atoms with Gasteiger partial charge in [-0.15, -0.1) is 0 Å². The van der Waals surface area contributed by atoms with Gasteiger partial charge in [-0.2, -0.15) is 0 Å². The summed E-state index contributed by atoms with van der Waals surface area (Å²) < 4.78 is 56.6. The minimum Gasteiger partial charge on any atom is -0.387 e. The molecule has 0 saturated carbocycles. The van der Waals surface area contributed by atoms with E-state index in [1.807, 2.05) is 41.0 Å². The summed E-state index contributed by atoms with van der Waals surface area (Å²) in [7, 11) is -0.850. The van der Waals surface area contributed by atoms with Crippen LogP contribution in [-0.4, -0.2) is 47.9 Å². The molecule has 0 aromatic rings. The second kappa shape index (κ2) is 5.12. The number of ether oxygens (including phenoxy) is 1. The van der Waals surface area contributed by atoms with E-state index in [9.17, 15) is 0 Å². The molecule has 1 aliphatic heterocycles. The Kier molecular flexibility index (Phi) is 3.66. The molecule has 136 valence electrons. The smallest absolute Gasteiger partial charge is 0.211 e. The zero-order valence-corrected chi connectivity index (χ0v) is 16.9. The number of aliphatic hydroxyl groups is 1.